The van der Waals surface area contributed by atoms with E-state index < -0.39 is 0 Å². The molecule has 1 aliphatic heterocycles. The first-order valence-corrected chi connectivity index (χ1v) is 4.84. The molecule has 0 aromatic carbocycles. The van der Waals surface area contributed by atoms with E-state index >= 15 is 0 Å². The summed E-state index contributed by atoms with van der Waals surface area (Å²) in [6, 6.07) is 0.353. The third-order valence-corrected chi connectivity index (χ3v) is 2.24. The van der Waals surface area contributed by atoms with Crippen LogP contribution in [0.3, 0.4) is 0 Å². The lowest BCUT2D eigenvalue weighted by atomic mass is 10.2. The zero-order valence-corrected chi connectivity index (χ0v) is 7.96. The Hall–Kier alpha value is -0.120. The van der Waals surface area contributed by atoms with Gasteiger partial charge in [0.05, 0.1) is 13.2 Å². The highest BCUT2D eigenvalue weighted by molar-refractivity contribution is 4.63. The molecule has 0 aromatic rings. The number of ether oxygens (including phenoxy) is 1. The highest BCUT2D eigenvalue weighted by atomic mass is 16.5. The predicted octanol–water partition coefficient (Wildman–Crippen LogP) is 0.446. The van der Waals surface area contributed by atoms with Crippen molar-refractivity contribution in [3.8, 4) is 0 Å². The van der Waals surface area contributed by atoms with E-state index in [1.54, 1.807) is 0 Å². The first-order valence-electron chi connectivity index (χ1n) is 4.84. The number of nitrogens with zero attached hydrogens (tertiary/aromatic N) is 1. The van der Waals surface area contributed by atoms with Gasteiger partial charge in [0.15, 0.2) is 0 Å². The molecule has 1 atom stereocenters. The van der Waals surface area contributed by atoms with Gasteiger partial charge in [0, 0.05) is 19.1 Å². The predicted molar refractivity (Wildman–Crippen MR) is 50.1 cm³/mol. The fraction of sp³-hybridized carbons (Fsp3) is 1.00. The van der Waals surface area contributed by atoms with Crippen molar-refractivity contribution in [2.75, 3.05) is 32.8 Å². The minimum absolute atomic E-state index is 0.353. The van der Waals surface area contributed by atoms with Gasteiger partial charge >= 0.3 is 0 Å². The molecule has 0 radical (unpaired) electrons. The van der Waals surface area contributed by atoms with Crippen molar-refractivity contribution in [1.29, 1.82) is 0 Å². The standard InChI is InChI=1S/C9H20N2O/c1-9(10)3-2-4-11-5-7-12-8-6-11/h9H,2-8,10H2,1H3/t9-/m1/s1. The van der Waals surface area contributed by atoms with Gasteiger partial charge in [0.2, 0.25) is 0 Å². The van der Waals surface area contributed by atoms with Crippen molar-refractivity contribution in [1.82, 2.24) is 4.90 Å². The Labute approximate surface area is 74.9 Å². The zero-order valence-electron chi connectivity index (χ0n) is 7.96. The molecular formula is C9H20N2O. The molecule has 1 heterocycles. The van der Waals surface area contributed by atoms with Crippen molar-refractivity contribution in [2.45, 2.75) is 25.8 Å². The van der Waals surface area contributed by atoms with Crippen LogP contribution in [-0.2, 0) is 4.74 Å². The van der Waals surface area contributed by atoms with Crippen LogP contribution >= 0.6 is 0 Å². The normalized spacial score (nSPS) is 22.5. The SMILES string of the molecule is C[C@@H](N)CCCN1CCOCC1. The van der Waals surface area contributed by atoms with Crippen molar-refractivity contribution in [3.63, 3.8) is 0 Å². The summed E-state index contributed by atoms with van der Waals surface area (Å²) in [5.41, 5.74) is 5.66. The average Bonchev–Trinajstić information content (AvgIpc) is 2.05. The monoisotopic (exact) mass is 172 g/mol. The minimum atomic E-state index is 0.353. The Balaban J connectivity index is 1.98. The summed E-state index contributed by atoms with van der Waals surface area (Å²) in [6.07, 6.45) is 2.36. The van der Waals surface area contributed by atoms with Gasteiger partial charge in [0.25, 0.3) is 0 Å². The zero-order chi connectivity index (χ0) is 8.81. The van der Waals surface area contributed by atoms with E-state index in [2.05, 4.69) is 11.8 Å². The lowest BCUT2D eigenvalue weighted by Crippen LogP contribution is -2.37. The van der Waals surface area contributed by atoms with Crippen molar-refractivity contribution in [3.05, 3.63) is 0 Å². The Bertz CT molecular complexity index is 111. The van der Waals surface area contributed by atoms with Crippen LogP contribution in [0.25, 0.3) is 0 Å². The van der Waals surface area contributed by atoms with Crippen LogP contribution in [0, 0.1) is 0 Å². The molecule has 1 rings (SSSR count). The Morgan fingerprint density at radius 2 is 2.08 bits per heavy atom. The summed E-state index contributed by atoms with van der Waals surface area (Å²) in [7, 11) is 0. The second-order valence-corrected chi connectivity index (χ2v) is 3.57. The Morgan fingerprint density at radius 1 is 1.42 bits per heavy atom. The molecule has 2 N–H and O–H groups in total. The van der Waals surface area contributed by atoms with Gasteiger partial charge in [-0.25, -0.2) is 0 Å². The topological polar surface area (TPSA) is 38.5 Å². The lowest BCUT2D eigenvalue weighted by molar-refractivity contribution is 0.0370. The molecule has 0 amide bonds. The van der Waals surface area contributed by atoms with Crippen LogP contribution in [0.5, 0.6) is 0 Å². The second kappa shape index (κ2) is 5.51. The van der Waals surface area contributed by atoms with E-state index in [1.807, 2.05) is 0 Å². The Kier molecular flexibility index (Phi) is 4.58. The molecule has 1 saturated heterocycles. The number of rotatable bonds is 4. The third kappa shape index (κ3) is 4.04. The van der Waals surface area contributed by atoms with Gasteiger partial charge in [-0.15, -0.1) is 0 Å². The van der Waals surface area contributed by atoms with Crippen molar-refractivity contribution in [2.24, 2.45) is 5.73 Å². The molecule has 1 fully saturated rings. The quantitative estimate of drug-likeness (QED) is 0.669. The van der Waals surface area contributed by atoms with Crippen molar-refractivity contribution < 1.29 is 4.74 Å². The molecule has 0 aliphatic carbocycles. The smallest absolute Gasteiger partial charge is 0.0594 e. The molecule has 1 aliphatic rings. The molecule has 3 heteroatoms. The van der Waals surface area contributed by atoms with Gasteiger partial charge in [0.1, 0.15) is 0 Å². The molecule has 0 bridgehead atoms. The van der Waals surface area contributed by atoms with E-state index in [-0.39, 0.29) is 0 Å². The van der Waals surface area contributed by atoms with Crippen LogP contribution < -0.4 is 5.73 Å². The van der Waals surface area contributed by atoms with E-state index in [1.165, 1.54) is 13.0 Å². The molecular weight excluding hydrogens is 152 g/mol. The average molecular weight is 172 g/mol. The summed E-state index contributed by atoms with van der Waals surface area (Å²) in [6.45, 7) is 7.25. The van der Waals surface area contributed by atoms with Gasteiger partial charge in [-0.1, -0.05) is 0 Å². The fourth-order valence-electron chi connectivity index (χ4n) is 1.46. The lowest BCUT2D eigenvalue weighted by Gasteiger charge is -2.26. The summed E-state index contributed by atoms with van der Waals surface area (Å²) >= 11 is 0. The van der Waals surface area contributed by atoms with Gasteiger partial charge < -0.3 is 10.5 Å². The molecule has 0 spiro atoms. The summed E-state index contributed by atoms with van der Waals surface area (Å²) in [5.74, 6) is 0. The first-order chi connectivity index (χ1) is 5.79. The summed E-state index contributed by atoms with van der Waals surface area (Å²) in [5, 5.41) is 0. The van der Waals surface area contributed by atoms with Crippen LogP contribution in [0.2, 0.25) is 0 Å². The third-order valence-electron chi connectivity index (χ3n) is 2.24. The van der Waals surface area contributed by atoms with Crippen LogP contribution in [0.4, 0.5) is 0 Å². The molecule has 0 unspecified atom stereocenters. The van der Waals surface area contributed by atoms with E-state index in [4.69, 9.17) is 10.5 Å². The van der Waals surface area contributed by atoms with Crippen LogP contribution in [0.1, 0.15) is 19.8 Å². The Morgan fingerprint density at radius 3 is 2.67 bits per heavy atom. The maximum absolute atomic E-state index is 5.66. The molecule has 72 valence electrons. The van der Waals surface area contributed by atoms with E-state index in [0.29, 0.717) is 6.04 Å². The van der Waals surface area contributed by atoms with Gasteiger partial charge in [-0.05, 0) is 26.3 Å². The molecule has 3 nitrogen and oxygen atoms in total. The van der Waals surface area contributed by atoms with Crippen LogP contribution in [0.15, 0.2) is 0 Å². The summed E-state index contributed by atoms with van der Waals surface area (Å²) < 4.78 is 5.26. The number of nitrogens with two attached hydrogens (primary N) is 1. The van der Waals surface area contributed by atoms with E-state index in [9.17, 15) is 0 Å². The van der Waals surface area contributed by atoms with Gasteiger partial charge in [-0.3, -0.25) is 4.90 Å². The maximum atomic E-state index is 5.66. The van der Waals surface area contributed by atoms with Gasteiger partial charge in [-0.2, -0.15) is 0 Å². The number of morpholine rings is 1. The molecule has 0 saturated carbocycles. The fourth-order valence-corrected chi connectivity index (χ4v) is 1.46. The van der Waals surface area contributed by atoms with Crippen molar-refractivity contribution >= 4 is 0 Å². The molecule has 12 heavy (non-hydrogen) atoms. The maximum Gasteiger partial charge on any atom is 0.0594 e. The highest BCUT2D eigenvalue weighted by Crippen LogP contribution is 2.00. The summed E-state index contributed by atoms with van der Waals surface area (Å²) in [4.78, 5) is 2.45. The van der Waals surface area contributed by atoms with Crippen LogP contribution in [-0.4, -0.2) is 43.8 Å². The highest BCUT2D eigenvalue weighted by Gasteiger charge is 2.09. The molecule has 0 aromatic heterocycles. The minimum Gasteiger partial charge on any atom is -0.379 e. The first kappa shape index (κ1) is 9.96. The number of hydrogen-bond acceptors (Lipinski definition) is 3. The van der Waals surface area contributed by atoms with E-state index in [0.717, 1.165) is 32.7 Å². The largest absolute Gasteiger partial charge is 0.379 e. The second-order valence-electron chi connectivity index (χ2n) is 3.57. The number of hydrogen-bond donors (Lipinski definition) is 1.